The van der Waals surface area contributed by atoms with Gasteiger partial charge < -0.3 is 25.4 Å². The fourth-order valence-corrected chi connectivity index (χ4v) is 6.39. The number of aliphatic imine (C=N–C) groups is 2. The molecular formula is C36H41FN10O5S. The Morgan fingerprint density at radius 2 is 1.68 bits per heavy atom. The fraction of sp³-hybridized carbons (Fsp3) is 0.306. The molecule has 15 nitrogen and oxygen atoms in total. The van der Waals surface area contributed by atoms with E-state index < -0.39 is 18.0 Å². The molecule has 3 amide bonds. The molecule has 4 aromatic rings. The van der Waals surface area contributed by atoms with Crippen molar-refractivity contribution in [3.05, 3.63) is 84.7 Å². The summed E-state index contributed by atoms with van der Waals surface area (Å²) in [6, 6.07) is 20.2. The van der Waals surface area contributed by atoms with Crippen LogP contribution in [-0.2, 0) is 27.4 Å². The van der Waals surface area contributed by atoms with Crippen molar-refractivity contribution in [3.8, 4) is 11.1 Å². The van der Waals surface area contributed by atoms with Gasteiger partial charge in [-0.05, 0) is 66.4 Å². The Morgan fingerprint density at radius 1 is 1.00 bits per heavy atom. The van der Waals surface area contributed by atoms with E-state index in [0.29, 0.717) is 37.4 Å². The number of carbonyl (C=O) groups excluding carboxylic acids is 3. The number of thioether (sulfide) groups is 1. The van der Waals surface area contributed by atoms with Crippen LogP contribution in [0.4, 0.5) is 31.0 Å². The van der Waals surface area contributed by atoms with Crippen molar-refractivity contribution in [3.63, 3.8) is 0 Å². The topological polar surface area (TPSA) is 173 Å². The molecule has 3 aromatic carbocycles. The number of ether oxygens (including phenoxy) is 2. The summed E-state index contributed by atoms with van der Waals surface area (Å²) < 4.78 is 27.1. The molecule has 3 aliphatic rings. The molecule has 278 valence electrons. The minimum Gasteiger partial charge on any atom is -0.442 e. The Kier molecular flexibility index (Phi) is 11.8. The minimum absolute atomic E-state index is 0. The predicted octanol–water partition coefficient (Wildman–Crippen LogP) is 4.56. The zero-order chi connectivity index (χ0) is 37.3. The van der Waals surface area contributed by atoms with Crippen LogP contribution in [0.1, 0.15) is 14.2 Å². The Labute approximate surface area is 311 Å². The Morgan fingerprint density at radius 3 is 2.38 bits per heavy atom. The van der Waals surface area contributed by atoms with Gasteiger partial charge in [0.25, 0.3) is 0 Å². The molecule has 7 rings (SSSR count). The molecule has 3 N–H and O–H groups in total. The number of hydrogen-bond acceptors (Lipinski definition) is 10. The number of hydrogen-bond donors (Lipinski definition) is 2. The normalized spacial score (nSPS) is 18.2. The zero-order valence-corrected chi connectivity index (χ0v) is 30.0. The van der Waals surface area contributed by atoms with Gasteiger partial charge in [0.05, 0.1) is 51.3 Å². The molecule has 0 saturated carbocycles. The summed E-state index contributed by atoms with van der Waals surface area (Å²) in [6.45, 7) is 5.13. The summed E-state index contributed by atoms with van der Waals surface area (Å²) in [5.74, 6) is 0.418. The summed E-state index contributed by atoms with van der Waals surface area (Å²) in [7, 11) is 0. The standard InChI is InChI=1S/C19H19FN4O2S.C17H20N6O3.H2/c1-27-16-5-2-13(3-6-16)17-7-4-14(8-18(17)20)24-10-15(26-19(24)25)9-22-12-23-11-21;1-12(24)18-8-15-9-22(17(25)26-15)14-4-2-13(3-5-14)21-6-7-23-16(10-21)19-11-20-23;/h2-8,11-12,15H,9-10H2,1H3,(H2,21,22,23);2-5,11,15H,6-10H2,1H3,(H,18,24);1H. The number of nitrogens with two attached hydrogens (primary N) is 1. The van der Waals surface area contributed by atoms with E-state index in [1.54, 1.807) is 35.1 Å². The van der Waals surface area contributed by atoms with Gasteiger partial charge in [0.2, 0.25) is 5.91 Å². The van der Waals surface area contributed by atoms with Gasteiger partial charge in [0, 0.05) is 36.7 Å². The van der Waals surface area contributed by atoms with E-state index in [9.17, 15) is 18.8 Å². The summed E-state index contributed by atoms with van der Waals surface area (Å²) >= 11 is 1.63. The number of cyclic esters (lactones) is 2. The molecule has 3 aliphatic heterocycles. The smallest absolute Gasteiger partial charge is 0.414 e. The number of nitrogens with zero attached hydrogens (tertiary/aromatic N) is 8. The minimum atomic E-state index is -0.519. The van der Waals surface area contributed by atoms with Gasteiger partial charge in [-0.3, -0.25) is 19.6 Å². The highest BCUT2D eigenvalue weighted by Crippen LogP contribution is 2.31. The molecule has 2 saturated heterocycles. The maximum atomic E-state index is 14.6. The molecule has 0 radical (unpaired) electrons. The van der Waals surface area contributed by atoms with E-state index >= 15 is 0 Å². The van der Waals surface area contributed by atoms with Gasteiger partial charge in [-0.1, -0.05) is 12.1 Å². The van der Waals surface area contributed by atoms with Gasteiger partial charge >= 0.3 is 12.2 Å². The van der Waals surface area contributed by atoms with E-state index in [0.717, 1.165) is 47.1 Å². The van der Waals surface area contributed by atoms with Crippen LogP contribution in [0.5, 0.6) is 0 Å². The van der Waals surface area contributed by atoms with Crippen LogP contribution in [0.25, 0.3) is 11.1 Å². The molecule has 2 unspecified atom stereocenters. The van der Waals surface area contributed by atoms with E-state index in [4.69, 9.17) is 15.2 Å². The van der Waals surface area contributed by atoms with Gasteiger partial charge in [0.15, 0.2) is 0 Å². The number of aromatic nitrogens is 3. The third kappa shape index (κ3) is 9.10. The van der Waals surface area contributed by atoms with Gasteiger partial charge in [0.1, 0.15) is 36.5 Å². The van der Waals surface area contributed by atoms with Crippen LogP contribution < -0.4 is 25.8 Å². The highest BCUT2D eigenvalue weighted by molar-refractivity contribution is 7.98. The number of nitrogens with one attached hydrogen (secondary N) is 1. The highest BCUT2D eigenvalue weighted by atomic mass is 32.2. The average molecular weight is 745 g/mol. The van der Waals surface area contributed by atoms with Crippen molar-refractivity contribution < 1.29 is 29.7 Å². The number of halogens is 1. The van der Waals surface area contributed by atoms with E-state index in [-0.39, 0.29) is 26.1 Å². The first-order valence-corrected chi connectivity index (χ1v) is 18.0. The van der Waals surface area contributed by atoms with Crippen molar-refractivity contribution in [1.82, 2.24) is 20.1 Å². The number of rotatable bonds is 10. The fourth-order valence-electron chi connectivity index (χ4n) is 5.98. The van der Waals surface area contributed by atoms with Crippen molar-refractivity contribution in [2.75, 3.05) is 53.7 Å². The summed E-state index contributed by atoms with van der Waals surface area (Å²) in [5.41, 5.74) is 8.69. The average Bonchev–Trinajstić information content (AvgIpc) is 3.90. The van der Waals surface area contributed by atoms with Crippen LogP contribution >= 0.6 is 11.8 Å². The number of amides is 3. The lowest BCUT2D eigenvalue weighted by atomic mass is 10.0. The lowest BCUT2D eigenvalue weighted by Gasteiger charge is -2.29. The quantitative estimate of drug-likeness (QED) is 0.133. The summed E-state index contributed by atoms with van der Waals surface area (Å²) in [4.78, 5) is 53.4. The largest absolute Gasteiger partial charge is 0.442 e. The van der Waals surface area contributed by atoms with Crippen molar-refractivity contribution in [1.29, 1.82) is 0 Å². The second-order valence-corrected chi connectivity index (χ2v) is 13.1. The molecule has 17 heteroatoms. The van der Waals surface area contributed by atoms with Crippen LogP contribution in [-0.4, -0.2) is 96.7 Å². The SMILES string of the molecule is CC(=O)NCC1CN(c2ccc(N3CCn4ncnc4C3)cc2)C(=O)O1.CSc1ccc(-c2ccc(N3CC(CN=CN=CN)OC3=O)cc2F)cc1.[HH]. The first-order valence-electron chi connectivity index (χ1n) is 16.8. The van der Waals surface area contributed by atoms with E-state index in [1.165, 1.54) is 24.2 Å². The zero-order valence-electron chi connectivity index (χ0n) is 29.2. The molecule has 4 heterocycles. The van der Waals surface area contributed by atoms with Crippen molar-refractivity contribution in [2.45, 2.75) is 37.1 Å². The third-order valence-corrected chi connectivity index (χ3v) is 9.42. The van der Waals surface area contributed by atoms with Gasteiger partial charge in [-0.15, -0.1) is 11.8 Å². The molecule has 0 bridgehead atoms. The van der Waals surface area contributed by atoms with Crippen molar-refractivity contribution >= 4 is 59.6 Å². The van der Waals surface area contributed by atoms with Crippen LogP contribution in [0.3, 0.4) is 0 Å². The maximum absolute atomic E-state index is 14.6. The first kappa shape index (κ1) is 36.8. The molecule has 53 heavy (non-hydrogen) atoms. The van der Waals surface area contributed by atoms with Crippen LogP contribution in [0, 0.1) is 5.82 Å². The summed E-state index contributed by atoms with van der Waals surface area (Å²) in [6.07, 6.45) is 4.33. The second-order valence-electron chi connectivity index (χ2n) is 12.2. The van der Waals surface area contributed by atoms with Gasteiger partial charge in [-0.25, -0.2) is 28.6 Å². The monoisotopic (exact) mass is 744 g/mol. The summed E-state index contributed by atoms with van der Waals surface area (Å²) in [5, 5.41) is 6.86. The Bertz CT molecular complexity index is 1980. The highest BCUT2D eigenvalue weighted by Gasteiger charge is 2.33. The van der Waals surface area contributed by atoms with E-state index in [2.05, 4.69) is 30.3 Å². The second kappa shape index (κ2) is 17.0. The first-order chi connectivity index (χ1) is 25.7. The lowest BCUT2D eigenvalue weighted by Crippen LogP contribution is -2.34. The molecule has 0 spiro atoms. The lowest BCUT2D eigenvalue weighted by molar-refractivity contribution is -0.119. The molecule has 1 aromatic heterocycles. The molecule has 2 fully saturated rings. The Balaban J connectivity index is 0.000000204. The maximum Gasteiger partial charge on any atom is 0.414 e. The third-order valence-electron chi connectivity index (χ3n) is 8.67. The Hall–Kier alpha value is -5.97. The van der Waals surface area contributed by atoms with Crippen LogP contribution in [0.2, 0.25) is 0 Å². The molecule has 2 atom stereocenters. The number of anilines is 3. The van der Waals surface area contributed by atoms with Crippen molar-refractivity contribution in [2.24, 2.45) is 15.7 Å². The number of carbonyl (C=O) groups is 3. The molecular weight excluding hydrogens is 704 g/mol. The number of benzene rings is 3. The molecule has 0 aliphatic carbocycles. The number of fused-ring (bicyclic) bond motifs is 1. The predicted molar refractivity (Wildman–Crippen MR) is 203 cm³/mol. The van der Waals surface area contributed by atoms with Gasteiger partial charge in [-0.2, -0.15) is 5.10 Å². The van der Waals surface area contributed by atoms with E-state index in [1.807, 2.05) is 59.5 Å². The van der Waals surface area contributed by atoms with Crippen LogP contribution in [0.15, 0.2) is 87.9 Å².